The van der Waals surface area contributed by atoms with Gasteiger partial charge in [0.25, 0.3) is 0 Å². The Kier molecular flexibility index (Phi) is 2.52. The maximum atomic E-state index is 13.2. The lowest BCUT2D eigenvalue weighted by Gasteiger charge is -2.05. The molecule has 0 fully saturated rings. The lowest BCUT2D eigenvalue weighted by Crippen LogP contribution is -2.00. The van der Waals surface area contributed by atoms with Gasteiger partial charge in [0.1, 0.15) is 5.82 Å². The van der Waals surface area contributed by atoms with Crippen molar-refractivity contribution in [2.45, 2.75) is 6.92 Å². The van der Waals surface area contributed by atoms with Crippen LogP contribution in [-0.4, -0.2) is 16.1 Å². The van der Waals surface area contributed by atoms with Gasteiger partial charge in [-0.2, -0.15) is 0 Å². The van der Waals surface area contributed by atoms with Crippen LogP contribution in [0.15, 0.2) is 18.2 Å². The van der Waals surface area contributed by atoms with Gasteiger partial charge in [-0.05, 0) is 25.1 Å². The summed E-state index contributed by atoms with van der Waals surface area (Å²) in [5.41, 5.74) is 0.953. The average Bonchev–Trinajstić information content (AvgIpc) is 2.19. The number of pyridine rings is 1. The van der Waals surface area contributed by atoms with Crippen LogP contribution in [0.4, 0.5) is 4.39 Å². The molecule has 82 valence electrons. The van der Waals surface area contributed by atoms with Crippen LogP contribution in [0.2, 0.25) is 5.02 Å². The van der Waals surface area contributed by atoms with E-state index in [1.807, 2.05) is 0 Å². The highest BCUT2D eigenvalue weighted by atomic mass is 35.5. The number of fused-ring (bicyclic) bond motifs is 1. The van der Waals surface area contributed by atoms with Gasteiger partial charge >= 0.3 is 5.97 Å². The third-order valence-corrected chi connectivity index (χ3v) is 2.50. The van der Waals surface area contributed by atoms with Gasteiger partial charge in [0.15, 0.2) is 0 Å². The van der Waals surface area contributed by atoms with E-state index in [0.717, 1.165) is 6.07 Å². The number of aromatic nitrogens is 1. The molecule has 0 amide bonds. The number of benzene rings is 1. The zero-order chi connectivity index (χ0) is 11.9. The molecule has 0 aliphatic carbocycles. The lowest BCUT2D eigenvalue weighted by atomic mass is 10.1. The highest BCUT2D eigenvalue weighted by molar-refractivity contribution is 6.31. The van der Waals surface area contributed by atoms with Gasteiger partial charge in [0.05, 0.1) is 16.1 Å². The summed E-state index contributed by atoms with van der Waals surface area (Å²) in [4.78, 5) is 15.1. The predicted octanol–water partition coefficient (Wildman–Crippen LogP) is 3.03. The van der Waals surface area contributed by atoms with Crippen molar-refractivity contribution < 1.29 is 14.3 Å². The van der Waals surface area contributed by atoms with Crippen molar-refractivity contribution in [2.75, 3.05) is 0 Å². The quantitative estimate of drug-likeness (QED) is 0.832. The second-order valence-corrected chi connectivity index (χ2v) is 3.81. The molecule has 0 atom stereocenters. The normalized spacial score (nSPS) is 10.7. The first-order valence-electron chi connectivity index (χ1n) is 4.48. The third-order valence-electron chi connectivity index (χ3n) is 2.21. The number of halogens is 2. The van der Waals surface area contributed by atoms with Crippen LogP contribution in [0, 0.1) is 12.7 Å². The number of rotatable bonds is 1. The highest BCUT2D eigenvalue weighted by Crippen LogP contribution is 2.24. The Balaban J connectivity index is 2.90. The van der Waals surface area contributed by atoms with Crippen molar-refractivity contribution in [3.63, 3.8) is 0 Å². The number of aromatic carboxylic acids is 1. The number of aryl methyl sites for hydroxylation is 1. The molecule has 0 saturated heterocycles. The van der Waals surface area contributed by atoms with Crippen LogP contribution in [0.25, 0.3) is 10.9 Å². The van der Waals surface area contributed by atoms with Gasteiger partial charge in [-0.1, -0.05) is 11.6 Å². The molecule has 2 aromatic rings. The number of nitrogens with zero attached hydrogens (tertiary/aromatic N) is 1. The molecule has 0 unspecified atom stereocenters. The minimum absolute atomic E-state index is 0.0260. The zero-order valence-corrected chi connectivity index (χ0v) is 9.05. The Hall–Kier alpha value is -1.68. The Bertz CT molecular complexity index is 598. The number of hydrogen-bond acceptors (Lipinski definition) is 2. The minimum Gasteiger partial charge on any atom is -0.478 e. The summed E-state index contributed by atoms with van der Waals surface area (Å²) in [6, 6.07) is 3.82. The summed E-state index contributed by atoms with van der Waals surface area (Å²) in [5.74, 6) is -1.76. The summed E-state index contributed by atoms with van der Waals surface area (Å²) in [5, 5.41) is 9.17. The largest absolute Gasteiger partial charge is 0.478 e. The van der Waals surface area contributed by atoms with Gasteiger partial charge in [0, 0.05) is 11.1 Å². The average molecular weight is 240 g/mol. The van der Waals surface area contributed by atoms with Crippen LogP contribution in [0.3, 0.4) is 0 Å². The third kappa shape index (κ3) is 1.72. The summed E-state index contributed by atoms with van der Waals surface area (Å²) >= 11 is 5.61. The molecule has 2 rings (SSSR count). The standard InChI is InChI=1S/C11H7ClFNO2/c1-5-2-7(11(15)16)6-3-9(13)8(12)4-10(6)14-5/h2-4H,1H3,(H,15,16). The first-order valence-corrected chi connectivity index (χ1v) is 4.86. The first-order chi connectivity index (χ1) is 7.49. The second kappa shape index (κ2) is 3.72. The van der Waals surface area contributed by atoms with E-state index < -0.39 is 11.8 Å². The molecule has 0 aliphatic rings. The van der Waals surface area contributed by atoms with E-state index in [2.05, 4.69) is 4.98 Å². The van der Waals surface area contributed by atoms with Crippen molar-refractivity contribution in [1.29, 1.82) is 0 Å². The summed E-state index contributed by atoms with van der Waals surface area (Å²) in [6.07, 6.45) is 0. The Labute approximate surface area is 95.5 Å². The summed E-state index contributed by atoms with van der Waals surface area (Å²) in [6.45, 7) is 1.67. The molecule has 1 aromatic carbocycles. The Morgan fingerprint density at radius 1 is 1.44 bits per heavy atom. The predicted molar refractivity (Wildman–Crippen MR) is 58.4 cm³/mol. The fourth-order valence-corrected chi connectivity index (χ4v) is 1.69. The molecular weight excluding hydrogens is 233 g/mol. The second-order valence-electron chi connectivity index (χ2n) is 3.40. The Morgan fingerprint density at radius 3 is 2.75 bits per heavy atom. The smallest absolute Gasteiger partial charge is 0.336 e. The van der Waals surface area contributed by atoms with E-state index in [4.69, 9.17) is 16.7 Å². The molecule has 0 bridgehead atoms. The maximum Gasteiger partial charge on any atom is 0.336 e. The van der Waals surface area contributed by atoms with E-state index in [0.29, 0.717) is 11.2 Å². The van der Waals surface area contributed by atoms with E-state index >= 15 is 0 Å². The number of carboxylic acids is 1. The van der Waals surface area contributed by atoms with E-state index in [9.17, 15) is 9.18 Å². The van der Waals surface area contributed by atoms with Gasteiger partial charge in [-0.3, -0.25) is 4.98 Å². The first kappa shape index (κ1) is 10.8. The molecule has 1 heterocycles. The molecule has 16 heavy (non-hydrogen) atoms. The molecule has 1 aromatic heterocycles. The molecule has 0 aliphatic heterocycles. The zero-order valence-electron chi connectivity index (χ0n) is 8.29. The molecule has 0 spiro atoms. The Morgan fingerprint density at radius 2 is 2.12 bits per heavy atom. The van der Waals surface area contributed by atoms with Crippen molar-refractivity contribution in [2.24, 2.45) is 0 Å². The van der Waals surface area contributed by atoms with Gasteiger partial charge < -0.3 is 5.11 Å². The van der Waals surface area contributed by atoms with Gasteiger partial charge in [-0.15, -0.1) is 0 Å². The van der Waals surface area contributed by atoms with E-state index in [-0.39, 0.29) is 16.0 Å². The van der Waals surface area contributed by atoms with Gasteiger partial charge in [-0.25, -0.2) is 9.18 Å². The molecule has 5 heteroatoms. The van der Waals surface area contributed by atoms with Crippen molar-refractivity contribution >= 4 is 28.5 Å². The number of hydrogen-bond donors (Lipinski definition) is 1. The molecular formula is C11H7ClFNO2. The van der Waals surface area contributed by atoms with Crippen molar-refractivity contribution in [1.82, 2.24) is 4.98 Å². The van der Waals surface area contributed by atoms with Crippen molar-refractivity contribution in [3.8, 4) is 0 Å². The van der Waals surface area contributed by atoms with E-state index in [1.54, 1.807) is 6.92 Å². The summed E-state index contributed by atoms with van der Waals surface area (Å²) in [7, 11) is 0. The van der Waals surface area contributed by atoms with Crippen molar-refractivity contribution in [3.05, 3.63) is 40.3 Å². The SMILES string of the molecule is Cc1cc(C(=O)O)c2cc(F)c(Cl)cc2n1. The number of carbonyl (C=O) groups is 1. The number of carboxylic acid groups (broad SMARTS) is 1. The fourth-order valence-electron chi connectivity index (χ4n) is 1.53. The van der Waals surface area contributed by atoms with Crippen LogP contribution in [0.5, 0.6) is 0 Å². The van der Waals surface area contributed by atoms with Crippen LogP contribution < -0.4 is 0 Å². The molecule has 0 saturated carbocycles. The molecule has 1 N–H and O–H groups in total. The van der Waals surface area contributed by atoms with Crippen LogP contribution >= 0.6 is 11.6 Å². The van der Waals surface area contributed by atoms with Gasteiger partial charge in [0.2, 0.25) is 0 Å². The lowest BCUT2D eigenvalue weighted by molar-refractivity contribution is 0.0699. The highest BCUT2D eigenvalue weighted by Gasteiger charge is 2.13. The van der Waals surface area contributed by atoms with Crippen LogP contribution in [0.1, 0.15) is 16.1 Å². The molecule has 0 radical (unpaired) electrons. The molecule has 3 nitrogen and oxygen atoms in total. The van der Waals surface area contributed by atoms with E-state index in [1.165, 1.54) is 12.1 Å². The topological polar surface area (TPSA) is 50.2 Å². The van der Waals surface area contributed by atoms with Crippen LogP contribution in [-0.2, 0) is 0 Å². The maximum absolute atomic E-state index is 13.2. The monoisotopic (exact) mass is 239 g/mol. The minimum atomic E-state index is -1.11. The fraction of sp³-hybridized carbons (Fsp3) is 0.0909. The summed E-state index contributed by atoms with van der Waals surface area (Å²) < 4.78 is 13.2.